The Hall–Kier alpha value is -2.44. The van der Waals surface area contributed by atoms with Crippen LogP contribution in [0.3, 0.4) is 0 Å². The van der Waals surface area contributed by atoms with Gasteiger partial charge in [0.05, 0.1) is 7.11 Å². The number of methoxy groups -OCH3 is 1. The molecule has 2 rings (SSSR count). The van der Waals surface area contributed by atoms with Crippen LogP contribution in [0.5, 0.6) is 5.75 Å². The van der Waals surface area contributed by atoms with Gasteiger partial charge in [-0.3, -0.25) is 0 Å². The van der Waals surface area contributed by atoms with Crippen LogP contribution in [0, 0.1) is 5.82 Å². The molecule has 18 heavy (non-hydrogen) atoms. The average Bonchev–Trinajstić information content (AvgIpc) is 2.71. The van der Waals surface area contributed by atoms with Crippen LogP contribution in [0.15, 0.2) is 18.2 Å². The topological polar surface area (TPSA) is 77.2 Å². The SMILES string of the molecule is COc1ccc(F)cc1-c1nn(C)nc1C(=O)O. The summed E-state index contributed by atoms with van der Waals surface area (Å²) in [5.41, 5.74) is 0.0748. The van der Waals surface area contributed by atoms with Crippen LogP contribution in [0.1, 0.15) is 10.5 Å². The molecule has 6 nitrogen and oxygen atoms in total. The third kappa shape index (κ3) is 2.02. The molecule has 0 unspecified atom stereocenters. The van der Waals surface area contributed by atoms with Gasteiger partial charge in [-0.1, -0.05) is 0 Å². The molecule has 1 aromatic heterocycles. The Morgan fingerprint density at radius 1 is 1.44 bits per heavy atom. The summed E-state index contributed by atoms with van der Waals surface area (Å²) in [4.78, 5) is 12.2. The molecule has 0 aliphatic rings. The highest BCUT2D eigenvalue weighted by Gasteiger charge is 2.21. The molecule has 1 N–H and O–H groups in total. The van der Waals surface area contributed by atoms with Crippen molar-refractivity contribution in [2.75, 3.05) is 7.11 Å². The second-order valence-electron chi connectivity index (χ2n) is 3.54. The smallest absolute Gasteiger partial charge is 0.358 e. The van der Waals surface area contributed by atoms with E-state index in [1.165, 1.54) is 26.3 Å². The van der Waals surface area contributed by atoms with Crippen LogP contribution in [-0.2, 0) is 7.05 Å². The fourth-order valence-corrected chi connectivity index (χ4v) is 1.60. The first kappa shape index (κ1) is 12.0. The van der Waals surface area contributed by atoms with E-state index in [1.807, 2.05) is 0 Å². The molecular formula is C11H10FN3O3. The summed E-state index contributed by atoms with van der Waals surface area (Å²) in [5, 5.41) is 16.7. The number of aromatic carboxylic acids is 1. The Kier molecular flexibility index (Phi) is 2.97. The van der Waals surface area contributed by atoms with E-state index >= 15 is 0 Å². The zero-order valence-corrected chi connectivity index (χ0v) is 9.72. The first-order valence-corrected chi connectivity index (χ1v) is 5.01. The zero-order valence-electron chi connectivity index (χ0n) is 9.72. The van der Waals surface area contributed by atoms with Crippen LogP contribution >= 0.6 is 0 Å². The van der Waals surface area contributed by atoms with Crippen LogP contribution in [0.4, 0.5) is 4.39 Å². The quantitative estimate of drug-likeness (QED) is 0.890. The molecule has 0 aliphatic heterocycles. The Morgan fingerprint density at radius 3 is 2.78 bits per heavy atom. The maximum atomic E-state index is 13.3. The van der Waals surface area contributed by atoms with Gasteiger partial charge in [0.2, 0.25) is 0 Å². The molecular weight excluding hydrogens is 241 g/mol. The fourth-order valence-electron chi connectivity index (χ4n) is 1.60. The molecule has 0 aliphatic carbocycles. The number of carboxylic acids is 1. The van der Waals surface area contributed by atoms with E-state index in [2.05, 4.69) is 10.2 Å². The molecule has 1 aromatic carbocycles. The van der Waals surface area contributed by atoms with Crippen LogP contribution in [0.2, 0.25) is 0 Å². The molecule has 0 fully saturated rings. The van der Waals surface area contributed by atoms with Crippen molar-refractivity contribution in [2.24, 2.45) is 7.05 Å². The minimum absolute atomic E-state index is 0.0707. The number of nitrogens with zero attached hydrogens (tertiary/aromatic N) is 3. The Morgan fingerprint density at radius 2 is 2.17 bits per heavy atom. The number of carboxylic acid groups (broad SMARTS) is 1. The van der Waals surface area contributed by atoms with Crippen molar-refractivity contribution in [1.29, 1.82) is 0 Å². The van der Waals surface area contributed by atoms with Crippen molar-refractivity contribution >= 4 is 5.97 Å². The molecule has 0 spiro atoms. The van der Waals surface area contributed by atoms with Crippen molar-refractivity contribution in [3.8, 4) is 17.0 Å². The average molecular weight is 251 g/mol. The van der Waals surface area contributed by atoms with Crippen LogP contribution in [0.25, 0.3) is 11.3 Å². The maximum Gasteiger partial charge on any atom is 0.358 e. The van der Waals surface area contributed by atoms with Crippen molar-refractivity contribution in [3.63, 3.8) is 0 Å². The summed E-state index contributed by atoms with van der Waals surface area (Å²) in [7, 11) is 2.90. The highest BCUT2D eigenvalue weighted by molar-refractivity contribution is 5.93. The lowest BCUT2D eigenvalue weighted by Gasteiger charge is -2.06. The first-order valence-electron chi connectivity index (χ1n) is 5.01. The molecule has 0 radical (unpaired) electrons. The van der Waals surface area contributed by atoms with Crippen molar-refractivity contribution in [1.82, 2.24) is 15.0 Å². The maximum absolute atomic E-state index is 13.3. The molecule has 94 valence electrons. The van der Waals surface area contributed by atoms with Gasteiger partial charge in [0.15, 0.2) is 5.69 Å². The van der Waals surface area contributed by atoms with Crippen LogP contribution in [-0.4, -0.2) is 33.2 Å². The molecule has 7 heteroatoms. The number of ether oxygens (including phenoxy) is 1. The van der Waals surface area contributed by atoms with Gasteiger partial charge in [0, 0.05) is 12.6 Å². The third-order valence-corrected chi connectivity index (χ3v) is 2.33. The molecule has 2 aromatic rings. The summed E-state index contributed by atoms with van der Waals surface area (Å²) in [6.07, 6.45) is 0. The van der Waals surface area contributed by atoms with Gasteiger partial charge in [-0.25, -0.2) is 9.18 Å². The minimum Gasteiger partial charge on any atom is -0.496 e. The van der Waals surface area contributed by atoms with E-state index in [0.29, 0.717) is 5.75 Å². The lowest BCUT2D eigenvalue weighted by Crippen LogP contribution is -2.01. The van der Waals surface area contributed by atoms with Gasteiger partial charge < -0.3 is 9.84 Å². The number of benzene rings is 1. The predicted molar refractivity (Wildman–Crippen MR) is 59.9 cm³/mol. The summed E-state index contributed by atoms with van der Waals surface area (Å²) in [6, 6.07) is 3.79. The summed E-state index contributed by atoms with van der Waals surface area (Å²) in [5.74, 6) is -1.41. The normalized spacial score (nSPS) is 10.4. The standard InChI is InChI=1S/C11H10FN3O3/c1-15-13-9(10(14-15)11(16)17)7-5-6(12)3-4-8(7)18-2/h3-5H,1-2H3,(H,16,17). The Balaban J connectivity index is 2.68. The van der Waals surface area contributed by atoms with Crippen molar-refractivity contribution in [2.45, 2.75) is 0 Å². The number of aryl methyl sites for hydroxylation is 1. The van der Waals surface area contributed by atoms with Gasteiger partial charge in [-0.15, -0.1) is 5.10 Å². The highest BCUT2D eigenvalue weighted by Crippen LogP contribution is 2.30. The molecule has 0 bridgehead atoms. The Bertz CT molecular complexity index is 610. The second kappa shape index (κ2) is 4.44. The Labute approximate surface area is 102 Å². The van der Waals surface area contributed by atoms with Gasteiger partial charge in [-0.2, -0.15) is 9.90 Å². The van der Waals surface area contributed by atoms with Gasteiger partial charge in [0.1, 0.15) is 17.3 Å². The predicted octanol–water partition coefficient (Wildman–Crippen LogP) is 1.33. The number of aromatic nitrogens is 3. The van der Waals surface area contributed by atoms with E-state index in [1.54, 1.807) is 0 Å². The second-order valence-corrected chi connectivity index (χ2v) is 3.54. The summed E-state index contributed by atoms with van der Waals surface area (Å²) >= 11 is 0. The van der Waals surface area contributed by atoms with E-state index < -0.39 is 11.8 Å². The van der Waals surface area contributed by atoms with Crippen molar-refractivity contribution < 1.29 is 19.0 Å². The van der Waals surface area contributed by atoms with Crippen LogP contribution < -0.4 is 4.74 Å². The first-order chi connectivity index (χ1) is 8.52. The monoisotopic (exact) mass is 251 g/mol. The van der Waals surface area contributed by atoms with E-state index in [0.717, 1.165) is 10.9 Å². The van der Waals surface area contributed by atoms with E-state index in [9.17, 15) is 9.18 Å². The van der Waals surface area contributed by atoms with Gasteiger partial charge >= 0.3 is 5.97 Å². The summed E-state index contributed by atoms with van der Waals surface area (Å²) in [6.45, 7) is 0. The van der Waals surface area contributed by atoms with E-state index in [-0.39, 0.29) is 17.0 Å². The van der Waals surface area contributed by atoms with Gasteiger partial charge in [-0.05, 0) is 18.2 Å². The molecule has 0 saturated carbocycles. The molecule has 0 atom stereocenters. The zero-order chi connectivity index (χ0) is 13.3. The molecule has 0 saturated heterocycles. The lowest BCUT2D eigenvalue weighted by molar-refractivity contribution is 0.0690. The number of hydrogen-bond donors (Lipinski definition) is 1. The number of rotatable bonds is 3. The van der Waals surface area contributed by atoms with Gasteiger partial charge in [0.25, 0.3) is 0 Å². The highest BCUT2D eigenvalue weighted by atomic mass is 19.1. The number of hydrogen-bond acceptors (Lipinski definition) is 4. The summed E-state index contributed by atoms with van der Waals surface area (Å²) < 4.78 is 18.3. The lowest BCUT2D eigenvalue weighted by atomic mass is 10.1. The van der Waals surface area contributed by atoms with E-state index in [4.69, 9.17) is 9.84 Å². The molecule has 1 heterocycles. The largest absolute Gasteiger partial charge is 0.496 e. The number of carbonyl (C=O) groups is 1. The fraction of sp³-hybridized carbons (Fsp3) is 0.182. The molecule has 0 amide bonds. The third-order valence-electron chi connectivity index (χ3n) is 2.33. The number of halogens is 1. The minimum atomic E-state index is -1.23. The van der Waals surface area contributed by atoms with Crippen molar-refractivity contribution in [3.05, 3.63) is 29.7 Å².